The monoisotopic (exact) mass is 261 g/mol. The lowest BCUT2D eigenvalue weighted by Gasteiger charge is -2.39. The van der Waals surface area contributed by atoms with Gasteiger partial charge in [0.2, 0.25) is 0 Å². The molecule has 106 valence electrons. The molecule has 3 heteroatoms. The van der Waals surface area contributed by atoms with Gasteiger partial charge >= 0.3 is 0 Å². The molecule has 0 saturated heterocycles. The first-order valence-corrected chi connectivity index (χ1v) is 7.63. The maximum Gasteiger partial charge on any atom is 0.0338 e. The second-order valence-electron chi connectivity index (χ2n) is 5.77. The number of pyridine rings is 1. The van der Waals surface area contributed by atoms with Gasteiger partial charge in [-0.1, -0.05) is 13.0 Å². The van der Waals surface area contributed by atoms with Crippen molar-refractivity contribution in [1.82, 2.24) is 9.88 Å². The minimum Gasteiger partial charge on any atom is -0.328 e. The molecule has 1 aliphatic carbocycles. The largest absolute Gasteiger partial charge is 0.328 e. The molecule has 0 bridgehead atoms. The zero-order valence-electron chi connectivity index (χ0n) is 12.3. The van der Waals surface area contributed by atoms with Crippen LogP contribution in [0.15, 0.2) is 24.5 Å². The van der Waals surface area contributed by atoms with Crippen molar-refractivity contribution in [2.75, 3.05) is 6.54 Å². The van der Waals surface area contributed by atoms with Gasteiger partial charge in [0.1, 0.15) is 0 Å². The minimum absolute atomic E-state index is 0.424. The molecule has 1 saturated carbocycles. The van der Waals surface area contributed by atoms with Gasteiger partial charge in [-0.3, -0.25) is 9.88 Å². The predicted molar refractivity (Wildman–Crippen MR) is 79.9 cm³/mol. The first kappa shape index (κ1) is 14.5. The Morgan fingerprint density at radius 1 is 1.37 bits per heavy atom. The predicted octanol–water partition coefficient (Wildman–Crippen LogP) is 3.12. The summed E-state index contributed by atoms with van der Waals surface area (Å²) < 4.78 is 0. The summed E-state index contributed by atoms with van der Waals surface area (Å²) in [6, 6.07) is 5.79. The minimum atomic E-state index is 0.424. The zero-order chi connectivity index (χ0) is 13.7. The Morgan fingerprint density at radius 2 is 2.11 bits per heavy atom. The Balaban J connectivity index is 2.06. The van der Waals surface area contributed by atoms with Crippen LogP contribution < -0.4 is 5.73 Å². The van der Waals surface area contributed by atoms with E-state index in [1.807, 2.05) is 18.5 Å². The molecule has 1 fully saturated rings. The van der Waals surface area contributed by atoms with E-state index in [9.17, 15) is 0 Å². The van der Waals surface area contributed by atoms with Crippen LogP contribution in [0.4, 0.5) is 0 Å². The van der Waals surface area contributed by atoms with Gasteiger partial charge in [-0.05, 0) is 57.2 Å². The molecule has 1 aliphatic rings. The van der Waals surface area contributed by atoms with Crippen LogP contribution in [-0.2, 0) is 0 Å². The van der Waals surface area contributed by atoms with E-state index < -0.39 is 0 Å². The summed E-state index contributed by atoms with van der Waals surface area (Å²) in [6.07, 6.45) is 9.88. The lowest BCUT2D eigenvalue weighted by Crippen LogP contribution is -2.42. The van der Waals surface area contributed by atoms with Crippen LogP contribution in [0.2, 0.25) is 0 Å². The van der Waals surface area contributed by atoms with Crippen molar-refractivity contribution in [3.63, 3.8) is 0 Å². The average Bonchev–Trinajstić information content (AvgIpc) is 2.46. The van der Waals surface area contributed by atoms with Crippen molar-refractivity contribution in [1.29, 1.82) is 0 Å². The Kier molecular flexibility index (Phi) is 5.34. The maximum atomic E-state index is 6.03. The third-order valence-electron chi connectivity index (χ3n) is 4.36. The van der Waals surface area contributed by atoms with Crippen molar-refractivity contribution in [2.24, 2.45) is 5.73 Å². The van der Waals surface area contributed by atoms with Gasteiger partial charge < -0.3 is 5.73 Å². The molecule has 19 heavy (non-hydrogen) atoms. The average molecular weight is 261 g/mol. The van der Waals surface area contributed by atoms with E-state index in [1.54, 1.807) is 0 Å². The number of nitrogens with two attached hydrogens (primary N) is 1. The standard InChI is InChI=1S/C16H27N3/c1-3-11-19(16-8-6-15(17)7-9-16)13(2)14-5-4-10-18-12-14/h4-5,10,12-13,15-16H,3,6-9,11,17H2,1-2H3. The fraction of sp³-hybridized carbons (Fsp3) is 0.688. The SMILES string of the molecule is CCCN(C1CCC(N)CC1)C(C)c1cccnc1. The summed E-state index contributed by atoms with van der Waals surface area (Å²) in [7, 11) is 0. The lowest BCUT2D eigenvalue weighted by atomic mass is 9.89. The van der Waals surface area contributed by atoms with E-state index in [0.29, 0.717) is 18.1 Å². The Bertz CT molecular complexity index is 358. The molecule has 0 aliphatic heterocycles. The topological polar surface area (TPSA) is 42.1 Å². The van der Waals surface area contributed by atoms with Crippen LogP contribution in [0.1, 0.15) is 57.6 Å². The second kappa shape index (κ2) is 7.01. The Hall–Kier alpha value is -0.930. The highest BCUT2D eigenvalue weighted by Crippen LogP contribution is 2.29. The van der Waals surface area contributed by atoms with Gasteiger partial charge in [-0.2, -0.15) is 0 Å². The molecule has 1 aromatic rings. The van der Waals surface area contributed by atoms with Crippen LogP contribution in [0, 0.1) is 0 Å². The van der Waals surface area contributed by atoms with E-state index in [1.165, 1.54) is 37.7 Å². The first-order valence-electron chi connectivity index (χ1n) is 7.63. The summed E-state index contributed by atoms with van der Waals surface area (Å²) in [5, 5.41) is 0. The van der Waals surface area contributed by atoms with Crippen molar-refractivity contribution in [2.45, 2.75) is 64.1 Å². The normalized spacial score (nSPS) is 25.5. The molecular formula is C16H27N3. The smallest absolute Gasteiger partial charge is 0.0338 e. The summed E-state index contributed by atoms with van der Waals surface area (Å²) >= 11 is 0. The number of nitrogens with zero attached hydrogens (tertiary/aromatic N) is 2. The highest BCUT2D eigenvalue weighted by Gasteiger charge is 2.27. The molecule has 1 atom stereocenters. The second-order valence-corrected chi connectivity index (χ2v) is 5.77. The molecular weight excluding hydrogens is 234 g/mol. The lowest BCUT2D eigenvalue weighted by molar-refractivity contribution is 0.107. The fourth-order valence-corrected chi connectivity index (χ4v) is 3.20. The van der Waals surface area contributed by atoms with E-state index >= 15 is 0 Å². The van der Waals surface area contributed by atoms with E-state index in [-0.39, 0.29) is 0 Å². The molecule has 1 aromatic heterocycles. The highest BCUT2D eigenvalue weighted by atomic mass is 15.2. The number of hydrogen-bond acceptors (Lipinski definition) is 3. The third kappa shape index (κ3) is 3.77. The summed E-state index contributed by atoms with van der Waals surface area (Å²) in [5.41, 5.74) is 7.35. The number of rotatable bonds is 5. The van der Waals surface area contributed by atoms with Crippen LogP contribution in [-0.4, -0.2) is 28.5 Å². The van der Waals surface area contributed by atoms with E-state index in [0.717, 1.165) is 6.54 Å². The van der Waals surface area contributed by atoms with E-state index in [2.05, 4.69) is 29.8 Å². The zero-order valence-corrected chi connectivity index (χ0v) is 12.3. The molecule has 3 nitrogen and oxygen atoms in total. The molecule has 1 unspecified atom stereocenters. The highest BCUT2D eigenvalue weighted by molar-refractivity contribution is 5.13. The summed E-state index contributed by atoms with van der Waals surface area (Å²) in [5.74, 6) is 0. The summed E-state index contributed by atoms with van der Waals surface area (Å²) in [4.78, 5) is 6.91. The molecule has 0 radical (unpaired) electrons. The molecule has 2 N–H and O–H groups in total. The van der Waals surface area contributed by atoms with Gasteiger partial charge in [0, 0.05) is 30.5 Å². The van der Waals surface area contributed by atoms with E-state index in [4.69, 9.17) is 5.73 Å². The van der Waals surface area contributed by atoms with Gasteiger partial charge in [0.05, 0.1) is 0 Å². The van der Waals surface area contributed by atoms with Crippen molar-refractivity contribution >= 4 is 0 Å². The van der Waals surface area contributed by atoms with Crippen LogP contribution in [0.25, 0.3) is 0 Å². The number of aromatic nitrogens is 1. The van der Waals surface area contributed by atoms with Gasteiger partial charge in [-0.25, -0.2) is 0 Å². The Morgan fingerprint density at radius 3 is 2.68 bits per heavy atom. The van der Waals surface area contributed by atoms with Crippen LogP contribution in [0.5, 0.6) is 0 Å². The molecule has 0 amide bonds. The first-order chi connectivity index (χ1) is 9.22. The molecule has 1 heterocycles. The quantitative estimate of drug-likeness (QED) is 0.885. The molecule has 0 spiro atoms. The van der Waals surface area contributed by atoms with Crippen molar-refractivity contribution in [3.8, 4) is 0 Å². The number of hydrogen-bond donors (Lipinski definition) is 1. The fourth-order valence-electron chi connectivity index (χ4n) is 3.20. The van der Waals surface area contributed by atoms with Crippen molar-refractivity contribution < 1.29 is 0 Å². The third-order valence-corrected chi connectivity index (χ3v) is 4.36. The van der Waals surface area contributed by atoms with Crippen LogP contribution in [0.3, 0.4) is 0 Å². The maximum absolute atomic E-state index is 6.03. The van der Waals surface area contributed by atoms with Crippen molar-refractivity contribution in [3.05, 3.63) is 30.1 Å². The van der Waals surface area contributed by atoms with Crippen LogP contribution >= 0.6 is 0 Å². The van der Waals surface area contributed by atoms with Gasteiger partial charge in [0.25, 0.3) is 0 Å². The molecule has 2 rings (SSSR count). The van der Waals surface area contributed by atoms with Gasteiger partial charge in [0.15, 0.2) is 0 Å². The summed E-state index contributed by atoms with van der Waals surface area (Å²) in [6.45, 7) is 5.73. The Labute approximate surface area is 117 Å². The molecule has 0 aromatic carbocycles. The van der Waals surface area contributed by atoms with Gasteiger partial charge in [-0.15, -0.1) is 0 Å².